The second kappa shape index (κ2) is 4.38. The summed E-state index contributed by atoms with van der Waals surface area (Å²) < 4.78 is 23.6. The van der Waals surface area contributed by atoms with E-state index in [4.69, 9.17) is 5.53 Å². The normalized spacial score (nSPS) is 10.6. The molecule has 0 aromatic heterocycles. The van der Waals surface area contributed by atoms with Gasteiger partial charge in [-0.15, -0.1) is 4.79 Å². The van der Waals surface area contributed by atoms with Crippen molar-refractivity contribution in [3.63, 3.8) is 0 Å². The Labute approximate surface area is 93.3 Å². The molecule has 5 nitrogen and oxygen atoms in total. The number of ketones is 1. The lowest BCUT2D eigenvalue weighted by molar-refractivity contribution is -0.114. The van der Waals surface area contributed by atoms with Gasteiger partial charge in [0.2, 0.25) is 0 Å². The number of carbonyl (C=O) groups excluding carboxylic acids is 1. The minimum Gasteiger partial charge on any atom is -0.360 e. The van der Waals surface area contributed by atoms with E-state index >= 15 is 0 Å². The van der Waals surface area contributed by atoms with Crippen LogP contribution in [-0.4, -0.2) is 24.0 Å². The molecule has 0 aliphatic rings. The van der Waals surface area contributed by atoms with Crippen molar-refractivity contribution in [1.82, 2.24) is 0 Å². The van der Waals surface area contributed by atoms with Crippen LogP contribution in [-0.2, 0) is 14.6 Å². The van der Waals surface area contributed by atoms with Gasteiger partial charge in [0.25, 0.3) is 15.6 Å². The third-order valence-corrected chi connectivity index (χ3v) is 3.75. The second-order valence-corrected chi connectivity index (χ2v) is 5.14. The average molecular weight is 238 g/mol. The maximum Gasteiger partial charge on any atom is 0.451 e. The Bertz CT molecular complexity index is 567. The summed E-state index contributed by atoms with van der Waals surface area (Å²) in [5, 5.41) is -0.851. The van der Waals surface area contributed by atoms with E-state index in [-0.39, 0.29) is 4.90 Å². The van der Waals surface area contributed by atoms with Crippen molar-refractivity contribution in [3.8, 4) is 0 Å². The predicted molar refractivity (Wildman–Crippen MR) is 57.7 cm³/mol. The van der Waals surface area contributed by atoms with E-state index in [1.54, 1.807) is 12.1 Å². The van der Waals surface area contributed by atoms with E-state index in [2.05, 4.69) is 4.79 Å². The number of benzene rings is 1. The first-order valence-electron chi connectivity index (χ1n) is 4.44. The molecule has 1 rings (SSSR count). The molecule has 1 aromatic rings. The first kappa shape index (κ1) is 12.3. The molecule has 0 spiro atoms. The van der Waals surface area contributed by atoms with Crippen LogP contribution in [0.2, 0.25) is 0 Å². The van der Waals surface area contributed by atoms with Gasteiger partial charge in [-0.2, -0.15) is 0 Å². The van der Waals surface area contributed by atoms with Crippen LogP contribution >= 0.6 is 0 Å². The molecule has 0 bridgehead atoms. The molecule has 0 radical (unpaired) electrons. The standard InChI is InChI=1S/C10H10N2O3S/c1-7-3-5-9(6-4-7)16(14,15)10(12-11)8(2)13/h3-6H,1-2H3. The lowest BCUT2D eigenvalue weighted by atomic mass is 10.2. The van der Waals surface area contributed by atoms with Crippen molar-refractivity contribution in [3.05, 3.63) is 35.4 Å². The van der Waals surface area contributed by atoms with Gasteiger partial charge >= 0.3 is 5.04 Å². The Morgan fingerprint density at radius 1 is 1.25 bits per heavy atom. The van der Waals surface area contributed by atoms with Crippen LogP contribution in [0.3, 0.4) is 0 Å². The van der Waals surface area contributed by atoms with Gasteiger partial charge < -0.3 is 5.53 Å². The van der Waals surface area contributed by atoms with Crippen LogP contribution in [0.5, 0.6) is 0 Å². The Kier molecular flexibility index (Phi) is 3.37. The molecule has 0 heterocycles. The molecule has 0 saturated heterocycles. The van der Waals surface area contributed by atoms with E-state index < -0.39 is 20.7 Å². The van der Waals surface area contributed by atoms with Crippen LogP contribution in [0.15, 0.2) is 29.2 Å². The Morgan fingerprint density at radius 2 is 1.75 bits per heavy atom. The molecule has 0 unspecified atom stereocenters. The Morgan fingerprint density at radius 3 is 2.12 bits per heavy atom. The maximum atomic E-state index is 11.8. The van der Waals surface area contributed by atoms with Crippen molar-refractivity contribution < 1.29 is 18.0 Å². The molecule has 6 heteroatoms. The zero-order chi connectivity index (χ0) is 12.3. The van der Waals surface area contributed by atoms with Gasteiger partial charge in [0, 0.05) is 6.92 Å². The van der Waals surface area contributed by atoms with Gasteiger partial charge in [-0.25, -0.2) is 8.42 Å². The van der Waals surface area contributed by atoms with Crippen molar-refractivity contribution in [2.24, 2.45) is 0 Å². The first-order valence-corrected chi connectivity index (χ1v) is 5.92. The fourth-order valence-corrected chi connectivity index (χ4v) is 2.35. The Balaban J connectivity index is 3.38. The zero-order valence-electron chi connectivity index (χ0n) is 8.84. The molecule has 0 saturated carbocycles. The van der Waals surface area contributed by atoms with Gasteiger partial charge in [0.15, 0.2) is 0 Å². The summed E-state index contributed by atoms with van der Waals surface area (Å²) in [5.41, 5.74) is 9.43. The lowest BCUT2D eigenvalue weighted by Gasteiger charge is -1.98. The molecular formula is C10H10N2O3S. The van der Waals surface area contributed by atoms with Crippen molar-refractivity contribution >= 4 is 20.7 Å². The number of Topliss-reactive ketones (excluding diaryl/α,β-unsaturated/α-hetero) is 1. The van der Waals surface area contributed by atoms with Crippen molar-refractivity contribution in [2.45, 2.75) is 18.7 Å². The third kappa shape index (κ3) is 2.24. The van der Waals surface area contributed by atoms with Gasteiger partial charge in [-0.05, 0) is 19.1 Å². The number of sulfone groups is 1. The molecule has 0 aliphatic heterocycles. The summed E-state index contributed by atoms with van der Waals surface area (Å²) in [5.74, 6) is -0.803. The highest BCUT2D eigenvalue weighted by atomic mass is 32.2. The molecule has 84 valence electrons. The topological polar surface area (TPSA) is 87.6 Å². The second-order valence-electron chi connectivity index (χ2n) is 3.28. The van der Waals surface area contributed by atoms with Crippen LogP contribution in [0.1, 0.15) is 12.5 Å². The van der Waals surface area contributed by atoms with Crippen molar-refractivity contribution in [1.29, 1.82) is 0 Å². The molecule has 16 heavy (non-hydrogen) atoms. The summed E-state index contributed by atoms with van der Waals surface area (Å²) in [4.78, 5) is 13.5. The molecule has 0 atom stereocenters. The molecule has 0 aliphatic carbocycles. The number of hydrogen-bond acceptors (Lipinski definition) is 3. The first-order chi connectivity index (χ1) is 7.39. The number of rotatable bonds is 2. The summed E-state index contributed by atoms with van der Waals surface area (Å²) in [7, 11) is -4.02. The highest BCUT2D eigenvalue weighted by Crippen LogP contribution is 2.13. The number of aryl methyl sites for hydroxylation is 1. The monoisotopic (exact) mass is 238 g/mol. The average Bonchev–Trinajstić information content (AvgIpc) is 2.18. The van der Waals surface area contributed by atoms with E-state index in [1.807, 2.05) is 6.92 Å². The SMILES string of the molecule is CC(=O)C(=[N+]=[N-])S(=O)(=O)c1ccc(C)cc1. The van der Waals surface area contributed by atoms with Crippen LogP contribution < -0.4 is 0 Å². The fourth-order valence-electron chi connectivity index (χ4n) is 1.14. The molecule has 0 fully saturated rings. The maximum absolute atomic E-state index is 11.8. The van der Waals surface area contributed by atoms with Gasteiger partial charge in [0.05, 0.1) is 4.90 Å². The van der Waals surface area contributed by atoms with E-state index in [0.29, 0.717) is 0 Å². The number of nitrogens with zero attached hydrogens (tertiary/aromatic N) is 2. The number of hydrogen-bond donors (Lipinski definition) is 0. The highest BCUT2D eigenvalue weighted by molar-refractivity contribution is 8.08. The lowest BCUT2D eigenvalue weighted by Crippen LogP contribution is -2.23. The van der Waals surface area contributed by atoms with E-state index in [0.717, 1.165) is 12.5 Å². The van der Waals surface area contributed by atoms with Crippen LogP contribution in [0.4, 0.5) is 0 Å². The summed E-state index contributed by atoms with van der Waals surface area (Å²) in [6.07, 6.45) is 0. The van der Waals surface area contributed by atoms with Gasteiger partial charge in [-0.3, -0.25) is 4.79 Å². The fraction of sp³-hybridized carbons (Fsp3) is 0.200. The summed E-state index contributed by atoms with van der Waals surface area (Å²) in [6, 6.07) is 5.92. The van der Waals surface area contributed by atoms with Gasteiger partial charge in [-0.1, -0.05) is 17.7 Å². The van der Waals surface area contributed by atoms with Crippen molar-refractivity contribution in [2.75, 3.05) is 0 Å². The van der Waals surface area contributed by atoms with Crippen LogP contribution in [0, 0.1) is 6.92 Å². The number of carbonyl (C=O) groups is 1. The quantitative estimate of drug-likeness (QED) is 0.333. The third-order valence-electron chi connectivity index (χ3n) is 1.98. The molecule has 0 N–H and O–H groups in total. The smallest absolute Gasteiger partial charge is 0.360 e. The predicted octanol–water partition coefficient (Wildman–Crippen LogP) is 0.986. The molecular weight excluding hydrogens is 228 g/mol. The highest BCUT2D eigenvalue weighted by Gasteiger charge is 2.34. The minimum absolute atomic E-state index is 0.0684. The van der Waals surface area contributed by atoms with Crippen LogP contribution in [0.25, 0.3) is 5.53 Å². The van der Waals surface area contributed by atoms with Gasteiger partial charge in [0.1, 0.15) is 0 Å². The largest absolute Gasteiger partial charge is 0.451 e. The minimum atomic E-state index is -4.02. The summed E-state index contributed by atoms with van der Waals surface area (Å²) >= 11 is 0. The molecule has 1 aromatic carbocycles. The molecule has 0 amide bonds. The van der Waals surface area contributed by atoms with E-state index in [9.17, 15) is 13.2 Å². The Hall–Kier alpha value is -1.78. The zero-order valence-corrected chi connectivity index (χ0v) is 9.65. The van der Waals surface area contributed by atoms with E-state index in [1.165, 1.54) is 12.1 Å². The summed E-state index contributed by atoms with van der Waals surface area (Å²) in [6.45, 7) is 2.84.